The van der Waals surface area contributed by atoms with E-state index in [0.717, 1.165) is 11.3 Å². The lowest BCUT2D eigenvalue weighted by atomic mass is 9.79. The van der Waals surface area contributed by atoms with Gasteiger partial charge in [-0.25, -0.2) is 9.97 Å². The molecule has 0 radical (unpaired) electrons. The second-order valence-corrected chi connectivity index (χ2v) is 13.9. The van der Waals surface area contributed by atoms with Gasteiger partial charge >= 0.3 is 0 Å². The van der Waals surface area contributed by atoms with Gasteiger partial charge < -0.3 is 0 Å². The minimum Gasteiger partial charge on any atom is -0.291 e. The van der Waals surface area contributed by atoms with E-state index in [-0.39, 0.29) is 5.41 Å². The molecule has 1 aliphatic carbocycles. The third-order valence-electron chi connectivity index (χ3n) is 10.7. The van der Waals surface area contributed by atoms with Crippen molar-refractivity contribution in [3.8, 4) is 55.8 Å². The van der Waals surface area contributed by atoms with Gasteiger partial charge in [0.25, 0.3) is 0 Å². The van der Waals surface area contributed by atoms with Crippen LogP contribution < -0.4 is 0 Å². The lowest BCUT2D eigenvalue weighted by Gasteiger charge is -2.24. The Balaban J connectivity index is 1.24. The SMILES string of the molecule is CC1(C)c2ccccc2-c2cc3c(-c4ccc(-c5ccccc5)cc4)c4ccccc4c(-c4ccc(-c5cn6cccnc6n5)cc4)c3cc21. The maximum absolute atomic E-state index is 4.78. The molecule has 0 saturated heterocycles. The van der Waals surface area contributed by atoms with Crippen LogP contribution in [0.15, 0.2) is 164 Å². The molecular weight excluding hydrogens is 607 g/mol. The number of hydrogen-bond acceptors (Lipinski definition) is 2. The molecule has 0 fully saturated rings. The molecule has 1 aliphatic rings. The number of rotatable bonds is 4. The average molecular weight is 640 g/mol. The number of fused-ring (bicyclic) bond motifs is 6. The summed E-state index contributed by atoms with van der Waals surface area (Å²) in [7, 11) is 0. The van der Waals surface area contributed by atoms with Gasteiger partial charge in [-0.15, -0.1) is 0 Å². The van der Waals surface area contributed by atoms with Crippen molar-refractivity contribution >= 4 is 27.3 Å². The molecule has 0 unspecified atom stereocenters. The molecule has 0 spiro atoms. The Morgan fingerprint density at radius 3 is 1.76 bits per heavy atom. The molecule has 2 heterocycles. The van der Waals surface area contributed by atoms with Crippen molar-refractivity contribution in [2.75, 3.05) is 0 Å². The van der Waals surface area contributed by atoms with E-state index in [9.17, 15) is 0 Å². The van der Waals surface area contributed by atoms with Crippen LogP contribution in [0, 0.1) is 0 Å². The lowest BCUT2D eigenvalue weighted by Crippen LogP contribution is -2.14. The first kappa shape index (κ1) is 28.7. The predicted octanol–water partition coefficient (Wildman–Crippen LogP) is 12.0. The molecule has 0 atom stereocenters. The van der Waals surface area contributed by atoms with Gasteiger partial charge in [-0.1, -0.05) is 141 Å². The molecule has 9 aromatic rings. The van der Waals surface area contributed by atoms with Crippen molar-refractivity contribution in [1.29, 1.82) is 0 Å². The smallest absolute Gasteiger partial charge is 0.234 e. The van der Waals surface area contributed by atoms with Crippen molar-refractivity contribution < 1.29 is 0 Å². The van der Waals surface area contributed by atoms with Gasteiger partial charge in [0.1, 0.15) is 0 Å². The number of benzene rings is 7. The van der Waals surface area contributed by atoms with E-state index in [1.54, 1.807) is 6.20 Å². The van der Waals surface area contributed by atoms with Crippen molar-refractivity contribution in [2.24, 2.45) is 0 Å². The molecule has 50 heavy (non-hydrogen) atoms. The standard InChI is InChI=1S/C47H33N3/c1-47(2)41-16-9-8-13-35(41)38-27-39-40(28-42(38)47)45(34-23-19-32(20-24-34)43-29-50-26-10-25-48-46(50)49-43)37-15-7-6-14-36(37)44(39)33-21-17-31(18-22-33)30-11-4-3-5-12-30/h3-29H,1-2H3. The van der Waals surface area contributed by atoms with Gasteiger partial charge in [-0.2, -0.15) is 0 Å². The fourth-order valence-corrected chi connectivity index (χ4v) is 8.23. The van der Waals surface area contributed by atoms with E-state index in [1.165, 1.54) is 77.2 Å². The second kappa shape index (κ2) is 10.8. The monoisotopic (exact) mass is 639 g/mol. The molecule has 0 N–H and O–H groups in total. The summed E-state index contributed by atoms with van der Waals surface area (Å²) in [5.74, 6) is 0.702. The highest BCUT2D eigenvalue weighted by Gasteiger charge is 2.36. The van der Waals surface area contributed by atoms with Gasteiger partial charge in [0, 0.05) is 29.6 Å². The van der Waals surface area contributed by atoms with Gasteiger partial charge in [0.15, 0.2) is 0 Å². The van der Waals surface area contributed by atoms with Gasteiger partial charge in [0.2, 0.25) is 5.78 Å². The molecule has 0 aliphatic heterocycles. The minimum absolute atomic E-state index is 0.110. The Labute approximate surface area is 291 Å². The van der Waals surface area contributed by atoms with Crippen LogP contribution in [0.5, 0.6) is 0 Å². The number of hydrogen-bond donors (Lipinski definition) is 0. The predicted molar refractivity (Wildman–Crippen MR) is 207 cm³/mol. The van der Waals surface area contributed by atoms with Crippen LogP contribution >= 0.6 is 0 Å². The fraction of sp³-hybridized carbons (Fsp3) is 0.0638. The molecule has 0 bridgehead atoms. The van der Waals surface area contributed by atoms with E-state index in [0.29, 0.717) is 5.78 Å². The van der Waals surface area contributed by atoms with Crippen LogP contribution in [-0.2, 0) is 5.41 Å². The summed E-state index contributed by atoms with van der Waals surface area (Å²) in [4.78, 5) is 9.20. The summed E-state index contributed by atoms with van der Waals surface area (Å²) in [6.07, 6.45) is 5.81. The fourth-order valence-electron chi connectivity index (χ4n) is 8.23. The Kier molecular flexibility index (Phi) is 6.22. The van der Waals surface area contributed by atoms with Crippen molar-refractivity contribution in [3.63, 3.8) is 0 Å². The highest BCUT2D eigenvalue weighted by Crippen LogP contribution is 2.53. The quantitative estimate of drug-likeness (QED) is 0.179. The van der Waals surface area contributed by atoms with Crippen molar-refractivity contribution in [2.45, 2.75) is 19.3 Å². The third kappa shape index (κ3) is 4.30. The van der Waals surface area contributed by atoms with Crippen LogP contribution in [0.25, 0.3) is 83.1 Å². The lowest BCUT2D eigenvalue weighted by molar-refractivity contribution is 0.661. The molecule has 7 aromatic carbocycles. The molecular formula is C47H33N3. The molecule has 3 heteroatoms. The van der Waals surface area contributed by atoms with E-state index >= 15 is 0 Å². The third-order valence-corrected chi connectivity index (χ3v) is 10.7. The van der Waals surface area contributed by atoms with E-state index in [2.05, 4.69) is 158 Å². The van der Waals surface area contributed by atoms with Crippen LogP contribution in [0.4, 0.5) is 0 Å². The van der Waals surface area contributed by atoms with Crippen LogP contribution in [0.2, 0.25) is 0 Å². The summed E-state index contributed by atoms with van der Waals surface area (Å²) >= 11 is 0. The first-order valence-corrected chi connectivity index (χ1v) is 17.2. The summed E-state index contributed by atoms with van der Waals surface area (Å²) < 4.78 is 1.97. The zero-order valence-corrected chi connectivity index (χ0v) is 27.9. The number of aromatic nitrogens is 3. The number of nitrogens with zero attached hydrogens (tertiary/aromatic N) is 3. The highest BCUT2D eigenvalue weighted by atomic mass is 15.1. The second-order valence-electron chi connectivity index (χ2n) is 13.9. The van der Waals surface area contributed by atoms with Gasteiger partial charge in [-0.05, 0) is 95.4 Å². The van der Waals surface area contributed by atoms with Crippen molar-refractivity contribution in [1.82, 2.24) is 14.4 Å². The zero-order valence-electron chi connectivity index (χ0n) is 27.9. The maximum Gasteiger partial charge on any atom is 0.234 e. The molecule has 0 amide bonds. The van der Waals surface area contributed by atoms with Crippen molar-refractivity contribution in [3.05, 3.63) is 175 Å². The van der Waals surface area contributed by atoms with Crippen LogP contribution in [-0.4, -0.2) is 14.4 Å². The van der Waals surface area contributed by atoms with Gasteiger partial charge in [-0.3, -0.25) is 4.40 Å². The summed E-state index contributed by atoms with van der Waals surface area (Å²) in [5.41, 5.74) is 14.7. The maximum atomic E-state index is 4.78. The Morgan fingerprint density at radius 1 is 0.480 bits per heavy atom. The molecule has 236 valence electrons. The van der Waals surface area contributed by atoms with E-state index in [1.807, 2.05) is 22.9 Å². The van der Waals surface area contributed by atoms with E-state index < -0.39 is 0 Å². The largest absolute Gasteiger partial charge is 0.291 e. The average Bonchev–Trinajstić information content (AvgIpc) is 3.70. The summed E-state index contributed by atoms with van der Waals surface area (Å²) in [6.45, 7) is 4.73. The first-order valence-electron chi connectivity index (χ1n) is 17.2. The normalized spacial score (nSPS) is 13.2. The summed E-state index contributed by atoms with van der Waals surface area (Å²) in [6, 6.07) is 53.4. The Bertz CT molecular complexity index is 2720. The first-order chi connectivity index (χ1) is 24.5. The molecule has 0 saturated carbocycles. The van der Waals surface area contributed by atoms with Gasteiger partial charge in [0.05, 0.1) is 5.69 Å². The summed E-state index contributed by atoms with van der Waals surface area (Å²) in [5, 5.41) is 5.05. The van der Waals surface area contributed by atoms with Crippen LogP contribution in [0.1, 0.15) is 25.0 Å². The molecule has 3 nitrogen and oxygen atoms in total. The Hall–Kier alpha value is -6.32. The highest BCUT2D eigenvalue weighted by molar-refractivity contribution is 6.22. The van der Waals surface area contributed by atoms with Crippen LogP contribution in [0.3, 0.4) is 0 Å². The molecule has 10 rings (SSSR count). The molecule has 2 aromatic heterocycles. The topological polar surface area (TPSA) is 30.2 Å². The zero-order chi connectivity index (χ0) is 33.4. The number of imidazole rings is 1. The minimum atomic E-state index is -0.110. The van der Waals surface area contributed by atoms with E-state index in [4.69, 9.17) is 4.98 Å². The Morgan fingerprint density at radius 2 is 1.06 bits per heavy atom.